The number of anilines is 2. The fourth-order valence-corrected chi connectivity index (χ4v) is 5.02. The van der Waals surface area contributed by atoms with E-state index in [9.17, 15) is 19.2 Å². The van der Waals surface area contributed by atoms with Gasteiger partial charge in [0.2, 0.25) is 0 Å². The molecule has 0 saturated heterocycles. The number of fused-ring (bicyclic) bond motifs is 1. The molecule has 0 saturated carbocycles. The topological polar surface area (TPSA) is 104 Å². The van der Waals surface area contributed by atoms with E-state index >= 15 is 0 Å². The number of benzene rings is 1. The third kappa shape index (κ3) is 4.27. The predicted octanol–water partition coefficient (Wildman–Crippen LogP) is 5.00. The number of carbonyl (C=O) groups is 2. The second-order valence-electron chi connectivity index (χ2n) is 7.98. The molecule has 9 nitrogen and oxygen atoms in total. The molecule has 3 aromatic heterocycles. The Morgan fingerprint density at radius 1 is 1.28 bits per heavy atom. The minimum atomic E-state index is -0.660. The van der Waals surface area contributed by atoms with Gasteiger partial charge in [-0.1, -0.05) is 6.92 Å². The molecule has 2 amide bonds. The first-order valence-electron chi connectivity index (χ1n) is 11.0. The van der Waals surface area contributed by atoms with Crippen molar-refractivity contribution < 1.29 is 18.7 Å². The second kappa shape index (κ2) is 10.1. The summed E-state index contributed by atoms with van der Waals surface area (Å²) < 4.78 is 20.9. The van der Waals surface area contributed by atoms with Crippen LogP contribution in [0.4, 0.5) is 20.6 Å². The van der Waals surface area contributed by atoms with Gasteiger partial charge in [-0.25, -0.2) is 9.18 Å². The monoisotopic (exact) mass is 506 g/mol. The first-order valence-corrected chi connectivity index (χ1v) is 11.8. The molecule has 0 radical (unpaired) electrons. The van der Waals surface area contributed by atoms with Gasteiger partial charge >= 0.3 is 6.03 Å². The van der Waals surface area contributed by atoms with E-state index in [-0.39, 0.29) is 17.3 Å². The number of aromatic nitrogens is 3. The van der Waals surface area contributed by atoms with Crippen LogP contribution in [-0.2, 0) is 7.05 Å². The zero-order chi connectivity index (χ0) is 26.0. The third-order valence-electron chi connectivity index (χ3n) is 5.76. The van der Waals surface area contributed by atoms with Gasteiger partial charge in [-0.2, -0.15) is 10.4 Å². The van der Waals surface area contributed by atoms with E-state index in [4.69, 9.17) is 4.74 Å². The van der Waals surface area contributed by atoms with Crippen molar-refractivity contribution in [2.75, 3.05) is 30.5 Å². The fourth-order valence-electron chi connectivity index (χ4n) is 4.01. The molecule has 0 N–H and O–H groups in total. The summed E-state index contributed by atoms with van der Waals surface area (Å²) in [5, 5.41) is 14.6. The average Bonchev–Trinajstić information content (AvgIpc) is 3.49. The van der Waals surface area contributed by atoms with Crippen molar-refractivity contribution in [2.24, 2.45) is 7.05 Å². The van der Waals surface area contributed by atoms with Crippen molar-refractivity contribution in [2.45, 2.75) is 13.3 Å². The largest absolute Gasteiger partial charge is 0.494 e. The number of urea groups is 1. The normalized spacial score (nSPS) is 10.8. The van der Waals surface area contributed by atoms with Crippen LogP contribution in [0.1, 0.15) is 28.6 Å². The number of aryl methyl sites for hydroxylation is 1. The molecule has 184 valence electrons. The van der Waals surface area contributed by atoms with Crippen molar-refractivity contribution in [3.8, 4) is 22.3 Å². The highest BCUT2D eigenvalue weighted by Crippen LogP contribution is 2.40. The Hall–Kier alpha value is -4.30. The van der Waals surface area contributed by atoms with Crippen molar-refractivity contribution in [1.29, 1.82) is 5.26 Å². The van der Waals surface area contributed by atoms with Crippen LogP contribution in [0.15, 0.2) is 36.8 Å². The summed E-state index contributed by atoms with van der Waals surface area (Å²) in [6.07, 6.45) is 6.25. The van der Waals surface area contributed by atoms with Gasteiger partial charge in [-0.05, 0) is 24.6 Å². The first-order chi connectivity index (χ1) is 17.3. The zero-order valence-electron chi connectivity index (χ0n) is 20.1. The molecule has 0 spiro atoms. The van der Waals surface area contributed by atoms with Crippen LogP contribution in [0.5, 0.6) is 5.75 Å². The molecule has 4 rings (SSSR count). The molecular weight excluding hydrogens is 483 g/mol. The van der Waals surface area contributed by atoms with Crippen molar-refractivity contribution in [3.63, 3.8) is 0 Å². The zero-order valence-corrected chi connectivity index (χ0v) is 21.0. The minimum Gasteiger partial charge on any atom is -0.494 e. The predicted molar refractivity (Wildman–Crippen MR) is 136 cm³/mol. The maximum Gasteiger partial charge on any atom is 0.328 e. The number of hydrogen-bond acceptors (Lipinski definition) is 7. The number of ether oxygens (including phenoxy) is 1. The van der Waals surface area contributed by atoms with Crippen molar-refractivity contribution in [1.82, 2.24) is 14.8 Å². The number of halogens is 1. The molecule has 0 bridgehead atoms. The summed E-state index contributed by atoms with van der Waals surface area (Å²) in [5.74, 6) is -0.683. The standard InChI is InChI=1S/C25H23FN6O3S/c1-5-6-32(25(34)30(2)20-13-28-11-16-12-29-31(3)24(16)20)19-9-22(36-23(19)14-33)17-8-21(35-4)18(26)7-15(17)10-27/h7-9,11-14H,5-6H2,1-4H3. The molecule has 0 aliphatic carbocycles. The molecule has 0 unspecified atom stereocenters. The Balaban J connectivity index is 1.80. The summed E-state index contributed by atoms with van der Waals surface area (Å²) in [6.45, 7) is 2.27. The van der Waals surface area contributed by atoms with E-state index in [2.05, 4.69) is 10.1 Å². The molecule has 3 heterocycles. The Morgan fingerprint density at radius 2 is 2.06 bits per heavy atom. The SMILES string of the molecule is CCCN(C(=O)N(C)c1cncc2cnn(C)c12)c1cc(-c2cc(OC)c(F)cc2C#N)sc1C=O. The lowest BCUT2D eigenvalue weighted by atomic mass is 10.1. The Kier molecular flexibility index (Phi) is 6.98. The molecule has 4 aromatic rings. The maximum absolute atomic E-state index is 14.2. The average molecular weight is 507 g/mol. The van der Waals surface area contributed by atoms with Crippen LogP contribution >= 0.6 is 11.3 Å². The van der Waals surface area contributed by atoms with Gasteiger partial charge in [0.25, 0.3) is 0 Å². The van der Waals surface area contributed by atoms with Gasteiger partial charge < -0.3 is 4.74 Å². The Labute approximate surface area is 210 Å². The molecule has 0 atom stereocenters. The Morgan fingerprint density at radius 3 is 2.72 bits per heavy atom. The van der Waals surface area contributed by atoms with E-state index in [0.29, 0.717) is 45.9 Å². The highest BCUT2D eigenvalue weighted by molar-refractivity contribution is 7.17. The number of rotatable bonds is 7. The van der Waals surface area contributed by atoms with Gasteiger partial charge in [0, 0.05) is 42.7 Å². The third-order valence-corrected chi connectivity index (χ3v) is 6.85. The summed E-state index contributed by atoms with van der Waals surface area (Å²) in [7, 11) is 4.76. The number of hydrogen-bond donors (Lipinski definition) is 0. The number of nitrogens with zero attached hydrogens (tertiary/aromatic N) is 6. The number of carbonyl (C=O) groups excluding carboxylic acids is 2. The van der Waals surface area contributed by atoms with E-state index in [1.165, 1.54) is 23.0 Å². The van der Waals surface area contributed by atoms with Gasteiger partial charge in [-0.15, -0.1) is 11.3 Å². The van der Waals surface area contributed by atoms with Crippen LogP contribution in [0.2, 0.25) is 0 Å². The molecule has 0 aliphatic rings. The molecule has 36 heavy (non-hydrogen) atoms. The smallest absolute Gasteiger partial charge is 0.328 e. The second-order valence-corrected chi connectivity index (χ2v) is 9.06. The number of thiophene rings is 1. The highest BCUT2D eigenvalue weighted by atomic mass is 32.1. The fraction of sp³-hybridized carbons (Fsp3) is 0.240. The molecule has 11 heteroatoms. The molecule has 0 fully saturated rings. The van der Waals surface area contributed by atoms with E-state index in [1.54, 1.807) is 43.4 Å². The molecule has 0 aliphatic heterocycles. The number of pyridine rings is 1. The summed E-state index contributed by atoms with van der Waals surface area (Å²) >= 11 is 1.12. The summed E-state index contributed by atoms with van der Waals surface area (Å²) in [4.78, 5) is 33.9. The van der Waals surface area contributed by atoms with Gasteiger partial charge in [-0.3, -0.25) is 24.3 Å². The van der Waals surface area contributed by atoms with Gasteiger partial charge in [0.1, 0.15) is 0 Å². The molecule has 1 aromatic carbocycles. The van der Waals surface area contributed by atoms with Crippen LogP contribution in [0.3, 0.4) is 0 Å². The van der Waals surface area contributed by atoms with Crippen LogP contribution < -0.4 is 14.5 Å². The highest BCUT2D eigenvalue weighted by Gasteiger charge is 2.27. The molecular formula is C25H23FN6O3S. The number of aldehydes is 1. The summed E-state index contributed by atoms with van der Waals surface area (Å²) in [6, 6.07) is 5.81. The van der Waals surface area contributed by atoms with E-state index in [0.717, 1.165) is 28.3 Å². The van der Waals surface area contributed by atoms with Crippen LogP contribution in [-0.4, -0.2) is 47.8 Å². The minimum absolute atomic E-state index is 0.0235. The lowest BCUT2D eigenvalue weighted by molar-refractivity contribution is 0.112. The van der Waals surface area contributed by atoms with E-state index in [1.807, 2.05) is 13.0 Å². The van der Waals surface area contributed by atoms with Crippen molar-refractivity contribution in [3.05, 3.63) is 53.0 Å². The lowest BCUT2D eigenvalue weighted by Crippen LogP contribution is -2.42. The maximum atomic E-state index is 14.2. The van der Waals surface area contributed by atoms with E-state index < -0.39 is 5.82 Å². The number of nitriles is 1. The van der Waals surface area contributed by atoms with Crippen LogP contribution in [0.25, 0.3) is 21.3 Å². The lowest BCUT2D eigenvalue weighted by Gasteiger charge is -2.28. The first kappa shape index (κ1) is 24.8. The Bertz CT molecular complexity index is 1510. The number of methoxy groups -OCH3 is 1. The number of amides is 2. The van der Waals surface area contributed by atoms with Gasteiger partial charge in [0.15, 0.2) is 17.9 Å². The summed E-state index contributed by atoms with van der Waals surface area (Å²) in [5.41, 5.74) is 2.22. The quantitative estimate of drug-likeness (QED) is 0.327. The van der Waals surface area contributed by atoms with Crippen molar-refractivity contribution >= 4 is 45.9 Å². The van der Waals surface area contributed by atoms with Crippen LogP contribution in [0, 0.1) is 17.1 Å². The van der Waals surface area contributed by atoms with Gasteiger partial charge in [0.05, 0.1) is 52.9 Å².